The fourth-order valence-electron chi connectivity index (χ4n) is 2.15. The molecule has 7 nitrogen and oxygen atoms in total. The summed E-state index contributed by atoms with van der Waals surface area (Å²) < 4.78 is 10.3. The van der Waals surface area contributed by atoms with E-state index in [4.69, 9.17) is 9.26 Å². The molecular weight excluding hydrogens is 366 g/mol. The second kappa shape index (κ2) is 10.7. The van der Waals surface area contributed by atoms with Gasteiger partial charge in [-0.3, -0.25) is 9.59 Å². The molecule has 0 radical (unpaired) electrons. The van der Waals surface area contributed by atoms with Gasteiger partial charge in [0.2, 0.25) is 11.8 Å². The number of hydrogen-bond donors (Lipinski definition) is 2. The molecule has 1 aromatic heterocycles. The first-order chi connectivity index (χ1) is 13.0. The largest absolute Gasteiger partial charge is 0.377 e. The van der Waals surface area contributed by atoms with Crippen LogP contribution in [0, 0.1) is 6.92 Å². The van der Waals surface area contributed by atoms with E-state index in [0.717, 1.165) is 11.1 Å². The molecule has 27 heavy (non-hydrogen) atoms. The second-order valence-electron chi connectivity index (χ2n) is 6.00. The number of nitrogens with one attached hydrogen (secondary N) is 2. The Bertz CT molecular complexity index is 746. The number of aryl methyl sites for hydroxylation is 1. The Balaban J connectivity index is 1.68. The highest BCUT2D eigenvalue weighted by atomic mass is 32.2. The summed E-state index contributed by atoms with van der Waals surface area (Å²) in [6.07, 6.45) is 0. The van der Waals surface area contributed by atoms with Crippen molar-refractivity contribution in [3.8, 4) is 0 Å². The predicted molar refractivity (Wildman–Crippen MR) is 105 cm³/mol. The number of ether oxygens (including phenoxy) is 1. The third-order valence-electron chi connectivity index (χ3n) is 3.70. The van der Waals surface area contributed by atoms with Gasteiger partial charge in [0.1, 0.15) is 5.76 Å². The minimum atomic E-state index is -0.384. The molecule has 1 aromatic carbocycles. The van der Waals surface area contributed by atoms with Crippen LogP contribution in [0.4, 0.5) is 5.82 Å². The van der Waals surface area contributed by atoms with Crippen LogP contribution in [0.25, 0.3) is 0 Å². The van der Waals surface area contributed by atoms with E-state index in [0.29, 0.717) is 31.3 Å². The number of carbonyl (C=O) groups is 2. The quantitative estimate of drug-likeness (QED) is 0.647. The smallest absolute Gasteiger partial charge is 0.238 e. The zero-order valence-electron chi connectivity index (χ0n) is 15.8. The van der Waals surface area contributed by atoms with Gasteiger partial charge in [0.15, 0.2) is 5.82 Å². The second-order valence-corrected chi connectivity index (χ2v) is 7.32. The maximum absolute atomic E-state index is 12.1. The zero-order chi connectivity index (χ0) is 19.6. The average Bonchev–Trinajstić information content (AvgIpc) is 3.08. The molecule has 0 bridgehead atoms. The van der Waals surface area contributed by atoms with Gasteiger partial charge in [-0.15, -0.1) is 11.8 Å². The number of carbonyl (C=O) groups excluding carboxylic acids is 2. The van der Waals surface area contributed by atoms with Crippen LogP contribution in [0.3, 0.4) is 0 Å². The summed E-state index contributed by atoms with van der Waals surface area (Å²) in [5.41, 5.74) is 2.12. The van der Waals surface area contributed by atoms with E-state index in [1.54, 1.807) is 19.9 Å². The van der Waals surface area contributed by atoms with Gasteiger partial charge in [0.25, 0.3) is 0 Å². The van der Waals surface area contributed by atoms with Gasteiger partial charge in [-0.1, -0.05) is 29.4 Å². The van der Waals surface area contributed by atoms with Crippen molar-refractivity contribution in [1.29, 1.82) is 0 Å². The molecule has 0 saturated carbocycles. The number of thioether (sulfide) groups is 1. The normalized spacial score (nSPS) is 11.8. The van der Waals surface area contributed by atoms with Crippen molar-refractivity contribution < 1.29 is 18.8 Å². The number of nitrogens with zero attached hydrogens (tertiary/aromatic N) is 1. The molecule has 0 saturated heterocycles. The number of aromatic nitrogens is 1. The zero-order valence-corrected chi connectivity index (χ0v) is 16.6. The predicted octanol–water partition coefficient (Wildman–Crippen LogP) is 2.90. The fourth-order valence-corrected chi connectivity index (χ4v) is 2.87. The van der Waals surface area contributed by atoms with Crippen LogP contribution in [-0.4, -0.2) is 34.6 Å². The lowest BCUT2D eigenvalue weighted by atomic mass is 10.1. The molecule has 0 fully saturated rings. The summed E-state index contributed by atoms with van der Waals surface area (Å²) in [6.45, 7) is 7.18. The van der Waals surface area contributed by atoms with Crippen molar-refractivity contribution in [3.63, 3.8) is 0 Å². The van der Waals surface area contributed by atoms with Crippen molar-refractivity contribution in [3.05, 3.63) is 47.2 Å². The molecule has 1 unspecified atom stereocenters. The standard InChI is InChI=1S/C19H25N3O4S/c1-4-25-11-16-7-5-15(6-8-16)10-20-18(23)12-27-14(3)19(24)21-17-9-13(2)26-22-17/h5-9,14H,4,10-12H2,1-3H3,(H,20,23)(H,21,22,24). The van der Waals surface area contributed by atoms with Crippen LogP contribution in [-0.2, 0) is 27.5 Å². The van der Waals surface area contributed by atoms with Crippen molar-refractivity contribution >= 4 is 29.4 Å². The lowest BCUT2D eigenvalue weighted by Crippen LogP contribution is -2.28. The fraction of sp³-hybridized carbons (Fsp3) is 0.421. The molecule has 1 atom stereocenters. The minimum Gasteiger partial charge on any atom is -0.377 e. The van der Waals surface area contributed by atoms with E-state index in [1.807, 2.05) is 31.2 Å². The highest BCUT2D eigenvalue weighted by Crippen LogP contribution is 2.14. The van der Waals surface area contributed by atoms with Crippen molar-refractivity contribution in [2.45, 2.75) is 39.2 Å². The van der Waals surface area contributed by atoms with Gasteiger partial charge >= 0.3 is 0 Å². The number of anilines is 1. The van der Waals surface area contributed by atoms with Gasteiger partial charge in [-0.2, -0.15) is 0 Å². The molecule has 0 aliphatic rings. The summed E-state index contributed by atoms with van der Waals surface area (Å²) >= 11 is 1.27. The van der Waals surface area contributed by atoms with E-state index in [-0.39, 0.29) is 22.8 Å². The van der Waals surface area contributed by atoms with Crippen LogP contribution in [0.5, 0.6) is 0 Å². The molecule has 2 aromatic rings. The Kier molecular flexibility index (Phi) is 8.35. The molecule has 2 rings (SSSR count). The van der Waals surface area contributed by atoms with E-state index < -0.39 is 0 Å². The lowest BCUT2D eigenvalue weighted by molar-refractivity contribution is -0.118. The third-order valence-corrected chi connectivity index (χ3v) is 4.84. The van der Waals surface area contributed by atoms with Gasteiger partial charge < -0.3 is 19.9 Å². The minimum absolute atomic E-state index is 0.115. The van der Waals surface area contributed by atoms with Crippen LogP contribution in [0.2, 0.25) is 0 Å². The van der Waals surface area contributed by atoms with E-state index in [1.165, 1.54) is 11.8 Å². The third kappa shape index (κ3) is 7.44. The Morgan fingerprint density at radius 2 is 1.96 bits per heavy atom. The van der Waals surface area contributed by atoms with Crippen LogP contribution < -0.4 is 10.6 Å². The summed E-state index contributed by atoms with van der Waals surface area (Å²) in [7, 11) is 0. The number of benzene rings is 1. The Morgan fingerprint density at radius 3 is 2.59 bits per heavy atom. The molecule has 0 aliphatic heterocycles. The highest BCUT2D eigenvalue weighted by molar-refractivity contribution is 8.01. The molecule has 0 aliphatic carbocycles. The van der Waals surface area contributed by atoms with Gasteiger partial charge in [0.05, 0.1) is 17.6 Å². The number of rotatable bonds is 10. The first-order valence-electron chi connectivity index (χ1n) is 8.76. The Hall–Kier alpha value is -2.32. The maximum Gasteiger partial charge on any atom is 0.238 e. The van der Waals surface area contributed by atoms with E-state index in [2.05, 4.69) is 15.8 Å². The number of amides is 2. The Labute approximate surface area is 163 Å². The van der Waals surface area contributed by atoms with Crippen LogP contribution >= 0.6 is 11.8 Å². The SMILES string of the molecule is CCOCc1ccc(CNC(=O)CSC(C)C(=O)Nc2cc(C)on2)cc1. The summed E-state index contributed by atoms with van der Waals surface area (Å²) in [4.78, 5) is 24.1. The summed E-state index contributed by atoms with van der Waals surface area (Å²) in [5, 5.41) is 8.85. The van der Waals surface area contributed by atoms with Crippen molar-refractivity contribution in [2.75, 3.05) is 17.7 Å². The van der Waals surface area contributed by atoms with Crippen LogP contribution in [0.15, 0.2) is 34.9 Å². The molecule has 2 N–H and O–H groups in total. The maximum atomic E-state index is 12.1. The average molecular weight is 391 g/mol. The lowest BCUT2D eigenvalue weighted by Gasteiger charge is -2.11. The monoisotopic (exact) mass is 391 g/mol. The summed E-state index contributed by atoms with van der Waals surface area (Å²) in [5.74, 6) is 0.869. The van der Waals surface area contributed by atoms with Crippen molar-refractivity contribution in [1.82, 2.24) is 10.5 Å². The Morgan fingerprint density at radius 1 is 1.26 bits per heavy atom. The summed E-state index contributed by atoms with van der Waals surface area (Å²) in [6, 6.07) is 9.56. The van der Waals surface area contributed by atoms with Gasteiger partial charge in [0, 0.05) is 19.2 Å². The van der Waals surface area contributed by atoms with Crippen LogP contribution in [0.1, 0.15) is 30.7 Å². The van der Waals surface area contributed by atoms with E-state index in [9.17, 15) is 9.59 Å². The van der Waals surface area contributed by atoms with E-state index >= 15 is 0 Å². The molecule has 0 spiro atoms. The van der Waals surface area contributed by atoms with Gasteiger partial charge in [-0.05, 0) is 31.9 Å². The first-order valence-corrected chi connectivity index (χ1v) is 9.81. The molecule has 1 heterocycles. The highest BCUT2D eigenvalue weighted by Gasteiger charge is 2.16. The molecular formula is C19H25N3O4S. The topological polar surface area (TPSA) is 93.5 Å². The van der Waals surface area contributed by atoms with Gasteiger partial charge in [-0.25, -0.2) is 0 Å². The first kappa shape index (κ1) is 21.0. The number of hydrogen-bond acceptors (Lipinski definition) is 6. The molecule has 146 valence electrons. The molecule has 2 amide bonds. The van der Waals surface area contributed by atoms with Crippen molar-refractivity contribution in [2.24, 2.45) is 0 Å². The molecule has 8 heteroatoms.